The molecule has 1 aromatic carbocycles. The number of hydrogen-bond acceptors (Lipinski definition) is 8. The van der Waals surface area contributed by atoms with Gasteiger partial charge >= 0.3 is 12.4 Å². The molecule has 1 aliphatic rings. The molecule has 5 rings (SSSR count). The van der Waals surface area contributed by atoms with E-state index in [9.17, 15) is 31.1 Å². The van der Waals surface area contributed by atoms with Crippen molar-refractivity contribution in [3.8, 4) is 28.7 Å². The van der Waals surface area contributed by atoms with Gasteiger partial charge in [0.05, 0.1) is 56.3 Å². The molecule has 0 spiro atoms. The molecule has 10 nitrogen and oxygen atoms in total. The number of hydrogen-bond donors (Lipinski definition) is 1. The monoisotopic (exact) mass is 649 g/mol. The molecule has 2 atom stereocenters. The van der Waals surface area contributed by atoms with Crippen LogP contribution in [0.15, 0.2) is 72.7 Å². The zero-order valence-electron chi connectivity index (χ0n) is 24.3. The Morgan fingerprint density at radius 3 is 2.33 bits per heavy atom. The molecule has 46 heavy (non-hydrogen) atoms. The first-order valence-corrected chi connectivity index (χ1v) is 13.5. The number of allylic oxidation sites excluding steroid dienone is 4. The van der Waals surface area contributed by atoms with Crippen LogP contribution in [-0.4, -0.2) is 58.8 Å². The van der Waals surface area contributed by atoms with Crippen molar-refractivity contribution >= 4 is 22.6 Å². The van der Waals surface area contributed by atoms with Crippen LogP contribution in [0.3, 0.4) is 0 Å². The molecule has 1 N–H and O–H groups in total. The van der Waals surface area contributed by atoms with E-state index in [4.69, 9.17) is 18.9 Å². The number of ether oxygens (including phenoxy) is 4. The lowest BCUT2D eigenvalue weighted by Gasteiger charge is -2.29. The first-order valence-electron chi connectivity index (χ1n) is 13.5. The summed E-state index contributed by atoms with van der Waals surface area (Å²) in [6.45, 7) is 1.61. The van der Waals surface area contributed by atoms with Crippen molar-refractivity contribution in [3.05, 3.63) is 78.4 Å². The van der Waals surface area contributed by atoms with Gasteiger partial charge in [-0.05, 0) is 31.2 Å². The summed E-state index contributed by atoms with van der Waals surface area (Å²) >= 11 is 0. The number of halogens is 6. The molecular weight excluding hydrogens is 624 g/mol. The third-order valence-electron chi connectivity index (χ3n) is 6.88. The second kappa shape index (κ2) is 12.6. The van der Waals surface area contributed by atoms with Crippen molar-refractivity contribution in [1.82, 2.24) is 19.7 Å². The number of carbonyl (C=O) groups excluding carboxylic acids is 1. The number of amides is 1. The predicted octanol–water partition coefficient (Wildman–Crippen LogP) is 7.06. The van der Waals surface area contributed by atoms with E-state index in [0.29, 0.717) is 45.0 Å². The lowest BCUT2D eigenvalue weighted by Crippen LogP contribution is -2.35. The smallest absolute Gasteiger partial charge is 0.416 e. The van der Waals surface area contributed by atoms with Gasteiger partial charge in [-0.1, -0.05) is 18.2 Å². The Kier molecular flexibility index (Phi) is 8.81. The quantitative estimate of drug-likeness (QED) is 0.192. The number of benzene rings is 1. The lowest BCUT2D eigenvalue weighted by atomic mass is 9.90. The minimum absolute atomic E-state index is 0.00986. The number of fused-ring (bicyclic) bond motifs is 1. The van der Waals surface area contributed by atoms with E-state index in [0.717, 1.165) is 6.20 Å². The van der Waals surface area contributed by atoms with E-state index in [1.807, 2.05) is 0 Å². The maximum atomic E-state index is 14.0. The van der Waals surface area contributed by atoms with E-state index >= 15 is 0 Å². The fourth-order valence-corrected chi connectivity index (χ4v) is 4.78. The molecule has 1 aliphatic carbocycles. The first kappa shape index (κ1) is 32.1. The number of methoxy groups -OCH3 is 2. The summed E-state index contributed by atoms with van der Waals surface area (Å²) in [4.78, 5) is 21.9. The van der Waals surface area contributed by atoms with Gasteiger partial charge in [0, 0.05) is 17.6 Å². The van der Waals surface area contributed by atoms with E-state index in [2.05, 4.69) is 20.4 Å². The first-order chi connectivity index (χ1) is 21.8. The Morgan fingerprint density at radius 1 is 0.957 bits per heavy atom. The van der Waals surface area contributed by atoms with Crippen LogP contribution >= 0.6 is 0 Å². The summed E-state index contributed by atoms with van der Waals surface area (Å²) in [5.74, 6) is -2.15. The molecule has 0 radical (unpaired) electrons. The van der Waals surface area contributed by atoms with Gasteiger partial charge in [-0.25, -0.2) is 9.67 Å². The molecule has 0 aliphatic heterocycles. The SMILES string of the molecule is CCOc1cnn(C2C=CC(C(F)(F)F)=CC2C(F)(F)F)c1C(=O)Nc1ccc(Oc2ccnc3cc(OC)c(OC)cc23)cn1. The van der Waals surface area contributed by atoms with Crippen LogP contribution in [0.5, 0.6) is 28.7 Å². The zero-order valence-corrected chi connectivity index (χ0v) is 24.3. The molecular formula is C30H25F6N5O5. The van der Waals surface area contributed by atoms with Crippen LogP contribution in [0, 0.1) is 5.92 Å². The normalized spacial score (nSPS) is 16.6. The van der Waals surface area contributed by atoms with Crippen LogP contribution < -0.4 is 24.3 Å². The van der Waals surface area contributed by atoms with Gasteiger partial charge in [0.2, 0.25) is 0 Å². The van der Waals surface area contributed by atoms with Gasteiger partial charge in [-0.3, -0.25) is 9.78 Å². The number of nitrogens with one attached hydrogen (secondary N) is 1. The van der Waals surface area contributed by atoms with Crippen molar-refractivity contribution in [3.63, 3.8) is 0 Å². The minimum Gasteiger partial charge on any atom is -0.493 e. The van der Waals surface area contributed by atoms with Gasteiger partial charge in [-0.2, -0.15) is 31.4 Å². The highest BCUT2D eigenvalue weighted by Gasteiger charge is 2.48. The molecule has 2 unspecified atom stereocenters. The molecule has 1 amide bonds. The van der Waals surface area contributed by atoms with E-state index in [-0.39, 0.29) is 30.0 Å². The van der Waals surface area contributed by atoms with Gasteiger partial charge in [-0.15, -0.1) is 0 Å². The number of aromatic nitrogens is 4. The summed E-state index contributed by atoms with van der Waals surface area (Å²) in [5, 5.41) is 6.97. The molecule has 0 saturated carbocycles. The van der Waals surface area contributed by atoms with Crippen LogP contribution in [0.4, 0.5) is 32.2 Å². The van der Waals surface area contributed by atoms with Gasteiger partial charge in [0.1, 0.15) is 17.3 Å². The highest BCUT2D eigenvalue weighted by Crippen LogP contribution is 2.44. The van der Waals surface area contributed by atoms with Crippen molar-refractivity contribution in [2.75, 3.05) is 26.1 Å². The van der Waals surface area contributed by atoms with Crippen molar-refractivity contribution in [2.24, 2.45) is 5.92 Å². The van der Waals surface area contributed by atoms with Gasteiger partial charge in [0.15, 0.2) is 22.9 Å². The van der Waals surface area contributed by atoms with Crippen LogP contribution in [0.1, 0.15) is 23.5 Å². The standard InChI is InChI=1S/C30H25F6N5O5/c1-4-45-25-15-39-41(21-7-5-16(29(31,32)33)11-19(21)30(34,35)36)27(25)28(42)40-26-8-6-17(14-38-26)46-22-9-10-37-20-13-24(44-3)23(43-2)12-18(20)22/h5-15,19,21H,4H2,1-3H3,(H,38,40,42). The third kappa shape index (κ3) is 6.55. The number of carbonyl (C=O) groups is 1. The summed E-state index contributed by atoms with van der Waals surface area (Å²) in [5.41, 5.74) is -1.33. The van der Waals surface area contributed by atoms with E-state index in [1.165, 1.54) is 38.7 Å². The van der Waals surface area contributed by atoms with Gasteiger partial charge in [0.25, 0.3) is 5.91 Å². The Morgan fingerprint density at radius 2 is 1.70 bits per heavy atom. The fourth-order valence-electron chi connectivity index (χ4n) is 4.78. The number of rotatable bonds is 9. The maximum Gasteiger partial charge on any atom is 0.416 e. The molecule has 3 heterocycles. The van der Waals surface area contributed by atoms with Crippen LogP contribution in [-0.2, 0) is 0 Å². The van der Waals surface area contributed by atoms with Crippen molar-refractivity contribution in [2.45, 2.75) is 25.3 Å². The summed E-state index contributed by atoms with van der Waals surface area (Å²) in [6, 6.07) is 6.08. The lowest BCUT2D eigenvalue weighted by molar-refractivity contribution is -0.170. The molecule has 4 aromatic rings. The average molecular weight is 650 g/mol. The molecule has 0 fully saturated rings. The Balaban J connectivity index is 1.40. The predicted molar refractivity (Wildman–Crippen MR) is 152 cm³/mol. The Bertz CT molecular complexity index is 1800. The summed E-state index contributed by atoms with van der Waals surface area (Å²) in [6.07, 6.45) is -4.92. The third-order valence-corrected chi connectivity index (χ3v) is 6.88. The second-order valence-corrected chi connectivity index (χ2v) is 9.74. The minimum atomic E-state index is -5.09. The average Bonchev–Trinajstić information content (AvgIpc) is 3.44. The molecule has 3 aromatic heterocycles. The molecule has 242 valence electrons. The molecule has 0 saturated heterocycles. The number of pyridine rings is 2. The zero-order chi connectivity index (χ0) is 33.2. The largest absolute Gasteiger partial charge is 0.493 e. The maximum absolute atomic E-state index is 14.0. The Labute approximate surface area is 257 Å². The Hall–Kier alpha value is -5.28. The topological polar surface area (TPSA) is 110 Å². The van der Waals surface area contributed by atoms with Crippen LogP contribution in [0.2, 0.25) is 0 Å². The van der Waals surface area contributed by atoms with E-state index in [1.54, 1.807) is 25.1 Å². The molecule has 0 bridgehead atoms. The number of alkyl halides is 6. The summed E-state index contributed by atoms with van der Waals surface area (Å²) in [7, 11) is 2.99. The number of nitrogens with zero attached hydrogens (tertiary/aromatic N) is 4. The second-order valence-electron chi connectivity index (χ2n) is 9.74. The highest BCUT2D eigenvalue weighted by atomic mass is 19.4. The van der Waals surface area contributed by atoms with Crippen molar-refractivity contribution < 1.29 is 50.1 Å². The fraction of sp³-hybridized carbons (Fsp3) is 0.267. The molecule has 16 heteroatoms. The van der Waals surface area contributed by atoms with Crippen LogP contribution in [0.25, 0.3) is 10.9 Å². The highest BCUT2D eigenvalue weighted by molar-refractivity contribution is 6.04. The summed E-state index contributed by atoms with van der Waals surface area (Å²) < 4.78 is 104. The number of anilines is 1. The van der Waals surface area contributed by atoms with Gasteiger partial charge < -0.3 is 24.3 Å². The van der Waals surface area contributed by atoms with Crippen molar-refractivity contribution in [1.29, 1.82) is 0 Å². The van der Waals surface area contributed by atoms with E-state index < -0.39 is 41.5 Å².